The minimum atomic E-state index is -0.433. The Morgan fingerprint density at radius 2 is 2.12 bits per heavy atom. The first-order chi connectivity index (χ1) is 7.65. The van der Waals surface area contributed by atoms with Crippen molar-refractivity contribution in [1.82, 2.24) is 4.90 Å². The monoisotopic (exact) mass is 229 g/mol. The molecule has 0 aromatic rings. The Bertz CT molecular complexity index is 267. The zero-order valence-corrected chi connectivity index (χ0v) is 10.1. The van der Waals surface area contributed by atoms with E-state index in [-0.39, 0.29) is 11.9 Å². The van der Waals surface area contributed by atoms with Gasteiger partial charge in [-0.3, -0.25) is 4.79 Å². The van der Waals surface area contributed by atoms with E-state index < -0.39 is 12.1 Å². The summed E-state index contributed by atoms with van der Waals surface area (Å²) in [6.45, 7) is 2.61. The van der Waals surface area contributed by atoms with Gasteiger partial charge < -0.3 is 14.4 Å². The molecule has 2 atom stereocenters. The summed E-state index contributed by atoms with van der Waals surface area (Å²) in [7, 11) is 2.86. The van der Waals surface area contributed by atoms with E-state index in [2.05, 4.69) is 4.74 Å². The highest BCUT2D eigenvalue weighted by Crippen LogP contribution is 2.21. The van der Waals surface area contributed by atoms with Crippen molar-refractivity contribution in [2.45, 2.75) is 38.3 Å². The molecule has 1 heterocycles. The van der Waals surface area contributed by atoms with Gasteiger partial charge >= 0.3 is 5.97 Å². The van der Waals surface area contributed by atoms with Crippen LogP contribution in [0.4, 0.5) is 0 Å². The summed E-state index contributed by atoms with van der Waals surface area (Å²) in [4.78, 5) is 24.8. The van der Waals surface area contributed by atoms with Crippen LogP contribution in [0.15, 0.2) is 0 Å². The molecule has 0 radical (unpaired) electrons. The van der Waals surface area contributed by atoms with Gasteiger partial charge in [-0.1, -0.05) is 13.3 Å². The predicted molar refractivity (Wildman–Crippen MR) is 57.8 cm³/mol. The van der Waals surface area contributed by atoms with E-state index in [9.17, 15) is 9.59 Å². The fourth-order valence-electron chi connectivity index (χ4n) is 1.82. The maximum absolute atomic E-state index is 12.0. The van der Waals surface area contributed by atoms with Gasteiger partial charge in [0.05, 0.1) is 7.11 Å². The molecular formula is C11H19NO4. The third-order valence-corrected chi connectivity index (χ3v) is 2.89. The zero-order chi connectivity index (χ0) is 12.1. The highest BCUT2D eigenvalue weighted by atomic mass is 16.5. The third kappa shape index (κ3) is 2.52. The summed E-state index contributed by atoms with van der Waals surface area (Å²) < 4.78 is 9.76. The summed E-state index contributed by atoms with van der Waals surface area (Å²) in [6.07, 6.45) is 1.80. The van der Waals surface area contributed by atoms with Crippen molar-refractivity contribution < 1.29 is 19.1 Å². The average molecular weight is 229 g/mol. The number of ether oxygens (including phenoxy) is 2. The van der Waals surface area contributed by atoms with Gasteiger partial charge in [0, 0.05) is 13.7 Å². The van der Waals surface area contributed by atoms with Gasteiger partial charge in [0.25, 0.3) is 5.91 Å². The molecule has 0 saturated carbocycles. The quantitative estimate of drug-likeness (QED) is 0.647. The van der Waals surface area contributed by atoms with Crippen LogP contribution in [0.3, 0.4) is 0 Å². The number of amides is 1. The Kier molecular flexibility index (Phi) is 4.73. The first kappa shape index (κ1) is 13.0. The lowest BCUT2D eigenvalue weighted by molar-refractivity contribution is -0.164. The number of likely N-dealkylation sites (tertiary alicyclic amines) is 1. The highest BCUT2D eigenvalue weighted by molar-refractivity contribution is 5.88. The number of rotatable bonds is 5. The molecule has 1 aliphatic rings. The van der Waals surface area contributed by atoms with Gasteiger partial charge in [-0.15, -0.1) is 0 Å². The number of nitrogens with zero attached hydrogens (tertiary/aromatic N) is 1. The fourth-order valence-corrected chi connectivity index (χ4v) is 1.82. The molecular weight excluding hydrogens is 210 g/mol. The first-order valence-corrected chi connectivity index (χ1v) is 5.56. The molecule has 1 rings (SSSR count). The second-order valence-electron chi connectivity index (χ2n) is 3.87. The second kappa shape index (κ2) is 5.84. The summed E-state index contributed by atoms with van der Waals surface area (Å²) >= 11 is 0. The number of carbonyl (C=O) groups excluding carboxylic acids is 2. The minimum Gasteiger partial charge on any atom is -0.467 e. The van der Waals surface area contributed by atoms with Crippen molar-refractivity contribution in [2.24, 2.45) is 0 Å². The van der Waals surface area contributed by atoms with Crippen molar-refractivity contribution in [3.05, 3.63) is 0 Å². The van der Waals surface area contributed by atoms with E-state index in [0.29, 0.717) is 19.4 Å². The molecule has 5 nitrogen and oxygen atoms in total. The van der Waals surface area contributed by atoms with E-state index in [4.69, 9.17) is 4.74 Å². The Morgan fingerprint density at radius 1 is 1.44 bits per heavy atom. The number of hydrogen-bond donors (Lipinski definition) is 0. The van der Waals surface area contributed by atoms with E-state index in [1.807, 2.05) is 6.92 Å². The van der Waals surface area contributed by atoms with Crippen molar-refractivity contribution in [3.63, 3.8) is 0 Å². The largest absolute Gasteiger partial charge is 0.467 e. The Labute approximate surface area is 95.7 Å². The summed E-state index contributed by atoms with van der Waals surface area (Å²) in [5, 5.41) is 0. The van der Waals surface area contributed by atoms with Crippen LogP contribution in [0.1, 0.15) is 26.2 Å². The molecule has 1 fully saturated rings. The highest BCUT2D eigenvalue weighted by Gasteiger charge is 2.40. The van der Waals surface area contributed by atoms with Crippen LogP contribution in [0, 0.1) is 0 Å². The standard InChI is InChI=1S/C11H19NO4/c1-4-5-9(15-2)10(13)12-7-6-8(12)11(14)16-3/h8-9H,4-7H2,1-3H3. The molecule has 0 bridgehead atoms. The normalized spacial score (nSPS) is 21.2. The summed E-state index contributed by atoms with van der Waals surface area (Å²) in [6, 6.07) is -0.410. The second-order valence-corrected chi connectivity index (χ2v) is 3.87. The van der Waals surface area contributed by atoms with Crippen LogP contribution in [0.5, 0.6) is 0 Å². The maximum Gasteiger partial charge on any atom is 0.328 e. The van der Waals surface area contributed by atoms with Crippen LogP contribution in [0.2, 0.25) is 0 Å². The maximum atomic E-state index is 12.0. The Hall–Kier alpha value is -1.10. The van der Waals surface area contributed by atoms with Crippen molar-refractivity contribution >= 4 is 11.9 Å². The lowest BCUT2D eigenvalue weighted by Gasteiger charge is -2.40. The van der Waals surface area contributed by atoms with Crippen molar-refractivity contribution in [3.8, 4) is 0 Å². The predicted octanol–water partition coefficient (Wildman–Crippen LogP) is 0.575. The first-order valence-electron chi connectivity index (χ1n) is 5.56. The van der Waals surface area contributed by atoms with Gasteiger partial charge in [0.1, 0.15) is 12.1 Å². The molecule has 16 heavy (non-hydrogen) atoms. The molecule has 1 aliphatic heterocycles. The van der Waals surface area contributed by atoms with Crippen LogP contribution < -0.4 is 0 Å². The number of esters is 1. The van der Waals surface area contributed by atoms with Gasteiger partial charge in [-0.05, 0) is 12.8 Å². The number of hydrogen-bond acceptors (Lipinski definition) is 4. The molecule has 2 unspecified atom stereocenters. The zero-order valence-electron chi connectivity index (χ0n) is 10.1. The van der Waals surface area contributed by atoms with Crippen LogP contribution in [-0.4, -0.2) is 49.7 Å². The SMILES string of the molecule is CCCC(OC)C(=O)N1CCC1C(=O)OC. The van der Waals surface area contributed by atoms with Crippen molar-refractivity contribution in [2.75, 3.05) is 20.8 Å². The Balaban J connectivity index is 2.56. The van der Waals surface area contributed by atoms with E-state index in [1.165, 1.54) is 19.1 Å². The lowest BCUT2D eigenvalue weighted by atomic mass is 10.0. The smallest absolute Gasteiger partial charge is 0.328 e. The molecule has 0 spiro atoms. The molecule has 1 saturated heterocycles. The topological polar surface area (TPSA) is 55.8 Å². The molecule has 1 amide bonds. The van der Waals surface area contributed by atoms with Gasteiger partial charge in [-0.25, -0.2) is 4.79 Å². The Morgan fingerprint density at radius 3 is 2.50 bits per heavy atom. The van der Waals surface area contributed by atoms with Crippen molar-refractivity contribution in [1.29, 1.82) is 0 Å². The van der Waals surface area contributed by atoms with Crippen LogP contribution in [0.25, 0.3) is 0 Å². The molecule has 0 aromatic heterocycles. The van der Waals surface area contributed by atoms with Gasteiger partial charge in [-0.2, -0.15) is 0 Å². The van der Waals surface area contributed by atoms with E-state index in [0.717, 1.165) is 6.42 Å². The van der Waals surface area contributed by atoms with Crippen LogP contribution in [-0.2, 0) is 19.1 Å². The minimum absolute atomic E-state index is 0.106. The molecule has 0 aromatic carbocycles. The average Bonchev–Trinajstić information content (AvgIpc) is 2.23. The van der Waals surface area contributed by atoms with Gasteiger partial charge in [0.2, 0.25) is 0 Å². The summed E-state index contributed by atoms with van der Waals surface area (Å²) in [5.74, 6) is -0.447. The third-order valence-electron chi connectivity index (χ3n) is 2.89. The van der Waals surface area contributed by atoms with E-state index in [1.54, 1.807) is 0 Å². The van der Waals surface area contributed by atoms with Crippen LogP contribution >= 0.6 is 0 Å². The number of methoxy groups -OCH3 is 2. The number of carbonyl (C=O) groups is 2. The molecule has 0 aliphatic carbocycles. The van der Waals surface area contributed by atoms with Gasteiger partial charge in [0.15, 0.2) is 0 Å². The van der Waals surface area contributed by atoms with E-state index >= 15 is 0 Å². The molecule has 0 N–H and O–H groups in total. The summed E-state index contributed by atoms with van der Waals surface area (Å²) in [5.41, 5.74) is 0. The molecule has 5 heteroatoms. The molecule has 92 valence electrons. The lowest BCUT2D eigenvalue weighted by Crippen LogP contribution is -2.58. The fraction of sp³-hybridized carbons (Fsp3) is 0.818.